The van der Waals surface area contributed by atoms with Gasteiger partial charge in [0.2, 0.25) is 0 Å². The van der Waals surface area contributed by atoms with Crippen molar-refractivity contribution in [2.24, 2.45) is 0 Å². The summed E-state index contributed by atoms with van der Waals surface area (Å²) in [6, 6.07) is 6.47. The number of H-pyrrole nitrogens is 2. The first kappa shape index (κ1) is 28.9. The molecule has 222 valence electrons. The number of nitrogens with one attached hydrogen (secondary N) is 2. The summed E-state index contributed by atoms with van der Waals surface area (Å²) in [6.07, 6.45) is 6.84. The van der Waals surface area contributed by atoms with E-state index in [1.54, 1.807) is 0 Å². The van der Waals surface area contributed by atoms with Crippen molar-refractivity contribution in [2.45, 2.75) is 117 Å². The maximum atomic E-state index is 12.2. The lowest BCUT2D eigenvalue weighted by atomic mass is 9.78. The van der Waals surface area contributed by atoms with E-state index in [0.717, 1.165) is 77.5 Å². The van der Waals surface area contributed by atoms with Gasteiger partial charge < -0.3 is 20.2 Å². The highest BCUT2D eigenvalue weighted by molar-refractivity contribution is 5.93. The zero-order valence-corrected chi connectivity index (χ0v) is 26.4. The minimum Gasteiger partial charge on any atom is -0.380 e. The molecule has 3 aromatic rings. The van der Waals surface area contributed by atoms with E-state index in [4.69, 9.17) is 9.97 Å². The molecule has 2 aliphatic heterocycles. The molecular weight excluding hydrogens is 520 g/mol. The van der Waals surface area contributed by atoms with Crippen LogP contribution < -0.4 is 0 Å². The zero-order valence-electron chi connectivity index (χ0n) is 26.4. The Bertz CT molecular complexity index is 1770. The summed E-state index contributed by atoms with van der Waals surface area (Å²) in [5.74, 6) is 0. The van der Waals surface area contributed by atoms with Crippen LogP contribution in [0.5, 0.6) is 0 Å². The Morgan fingerprint density at radius 3 is 1.79 bits per heavy atom. The molecule has 0 aromatic carbocycles. The Hall–Kier alpha value is -3.22. The number of hydrogen-bond donors (Lipinski definition) is 4. The van der Waals surface area contributed by atoms with Gasteiger partial charge in [0.1, 0.15) is 11.2 Å². The fourth-order valence-corrected chi connectivity index (χ4v) is 8.11. The molecule has 0 saturated carbocycles. The SMILES string of the molecule is CCC1=C(CC)c2cc3[nH]c(cc4[nH]c(c5c6nc(cc1n2)C(O)(CC)C6(O)CC5)c(CC)c4CC)c(CC)c3CC. The lowest BCUT2D eigenvalue weighted by Crippen LogP contribution is -2.44. The van der Waals surface area contributed by atoms with Gasteiger partial charge >= 0.3 is 0 Å². The average Bonchev–Trinajstić information content (AvgIpc) is 3.75. The van der Waals surface area contributed by atoms with Crippen molar-refractivity contribution in [2.75, 3.05) is 0 Å². The van der Waals surface area contributed by atoms with Crippen LogP contribution in [0.2, 0.25) is 0 Å². The highest BCUT2D eigenvalue weighted by atomic mass is 16.4. The van der Waals surface area contributed by atoms with Crippen LogP contribution in [0, 0.1) is 0 Å². The van der Waals surface area contributed by atoms with Crippen molar-refractivity contribution in [3.8, 4) is 0 Å². The lowest BCUT2D eigenvalue weighted by Gasteiger charge is -2.35. The second-order valence-electron chi connectivity index (χ2n) is 12.1. The van der Waals surface area contributed by atoms with Gasteiger partial charge in [-0.1, -0.05) is 48.5 Å². The van der Waals surface area contributed by atoms with E-state index < -0.39 is 11.2 Å². The third kappa shape index (κ3) is 3.84. The molecule has 0 fully saturated rings. The van der Waals surface area contributed by atoms with Gasteiger partial charge in [-0.15, -0.1) is 0 Å². The largest absolute Gasteiger partial charge is 0.380 e. The topological polar surface area (TPSA) is 97.8 Å². The van der Waals surface area contributed by atoms with Crippen LogP contribution in [0.3, 0.4) is 0 Å². The zero-order chi connectivity index (χ0) is 30.0. The van der Waals surface area contributed by atoms with E-state index in [0.29, 0.717) is 30.7 Å². The summed E-state index contributed by atoms with van der Waals surface area (Å²) >= 11 is 0. The number of rotatable bonds is 7. The monoisotopic (exact) mass is 566 g/mol. The van der Waals surface area contributed by atoms with Crippen LogP contribution in [-0.2, 0) is 43.3 Å². The number of aromatic amines is 2. The molecule has 3 aliphatic rings. The van der Waals surface area contributed by atoms with Gasteiger partial charge in [0, 0.05) is 27.6 Å². The van der Waals surface area contributed by atoms with Crippen LogP contribution in [0.15, 0.2) is 18.2 Å². The van der Waals surface area contributed by atoms with Crippen LogP contribution in [0.4, 0.5) is 0 Å². The van der Waals surface area contributed by atoms with Gasteiger partial charge in [0.15, 0.2) is 0 Å². The van der Waals surface area contributed by atoms with Crippen molar-refractivity contribution >= 4 is 33.2 Å². The number of aryl methyl sites for hydroxylation is 5. The Labute approximate surface area is 249 Å². The molecule has 6 nitrogen and oxygen atoms in total. The van der Waals surface area contributed by atoms with E-state index in [2.05, 4.69) is 63.6 Å². The van der Waals surface area contributed by atoms with Gasteiger partial charge in [0.25, 0.3) is 0 Å². The molecule has 5 heterocycles. The highest BCUT2D eigenvalue weighted by Gasteiger charge is 2.59. The highest BCUT2D eigenvalue weighted by Crippen LogP contribution is 2.54. The van der Waals surface area contributed by atoms with Gasteiger partial charge in [-0.05, 0) is 109 Å². The Morgan fingerprint density at radius 1 is 0.667 bits per heavy atom. The van der Waals surface area contributed by atoms with E-state index in [-0.39, 0.29) is 0 Å². The molecule has 0 saturated heterocycles. The first-order chi connectivity index (χ1) is 20.2. The number of allylic oxidation sites excluding steroid dienone is 2. The number of aliphatic hydroxyl groups is 2. The Morgan fingerprint density at radius 2 is 1.21 bits per heavy atom. The normalized spacial score (nSPS) is 21.5. The molecule has 6 heteroatoms. The first-order valence-corrected chi connectivity index (χ1v) is 16.2. The summed E-state index contributed by atoms with van der Waals surface area (Å²) in [6.45, 7) is 15.2. The second kappa shape index (κ2) is 10.5. The Balaban J connectivity index is 1.87. The first-order valence-electron chi connectivity index (χ1n) is 16.2. The van der Waals surface area contributed by atoms with Crippen LogP contribution >= 0.6 is 0 Å². The number of hydrogen-bond acceptors (Lipinski definition) is 4. The molecule has 8 bridgehead atoms. The smallest absolute Gasteiger partial charge is 0.141 e. The van der Waals surface area contributed by atoms with Crippen molar-refractivity contribution in [3.05, 3.63) is 68.8 Å². The predicted molar refractivity (Wildman–Crippen MR) is 172 cm³/mol. The molecule has 3 aromatic heterocycles. The number of aromatic nitrogens is 4. The summed E-state index contributed by atoms with van der Waals surface area (Å²) in [5.41, 5.74) is 13.2. The number of nitrogens with zero attached hydrogens (tertiary/aromatic N) is 2. The van der Waals surface area contributed by atoms with Crippen LogP contribution in [-0.4, -0.2) is 30.1 Å². The van der Waals surface area contributed by atoms with Gasteiger partial charge in [-0.3, -0.25) is 4.98 Å². The molecule has 0 radical (unpaired) electrons. The molecule has 1 aliphatic carbocycles. The molecule has 6 rings (SSSR count). The van der Waals surface area contributed by atoms with Crippen LogP contribution in [0.1, 0.15) is 125 Å². The summed E-state index contributed by atoms with van der Waals surface area (Å²) < 4.78 is 0. The van der Waals surface area contributed by atoms with Crippen molar-refractivity contribution in [1.29, 1.82) is 0 Å². The quantitative estimate of drug-likeness (QED) is 0.235. The molecule has 2 atom stereocenters. The molecule has 4 N–H and O–H groups in total. The fourth-order valence-electron chi connectivity index (χ4n) is 8.11. The minimum absolute atomic E-state index is 0.368. The third-order valence-electron chi connectivity index (χ3n) is 10.3. The molecular formula is C36H46N4O2. The summed E-state index contributed by atoms with van der Waals surface area (Å²) in [7, 11) is 0. The van der Waals surface area contributed by atoms with E-state index in [1.807, 2.05) is 13.0 Å². The average molecular weight is 567 g/mol. The molecule has 0 spiro atoms. The lowest BCUT2D eigenvalue weighted by molar-refractivity contribution is -0.159. The van der Waals surface area contributed by atoms with E-state index in [1.165, 1.54) is 33.4 Å². The maximum Gasteiger partial charge on any atom is 0.141 e. The summed E-state index contributed by atoms with van der Waals surface area (Å²) in [4.78, 5) is 17.9. The predicted octanol–water partition coefficient (Wildman–Crippen LogP) is 7.73. The minimum atomic E-state index is -1.47. The van der Waals surface area contributed by atoms with Gasteiger partial charge in [-0.2, -0.15) is 0 Å². The van der Waals surface area contributed by atoms with Crippen LogP contribution in [0.25, 0.3) is 33.2 Å². The van der Waals surface area contributed by atoms with Gasteiger partial charge in [0.05, 0.1) is 22.8 Å². The van der Waals surface area contributed by atoms with Crippen molar-refractivity contribution < 1.29 is 10.2 Å². The standard InChI is InChI=1S/C36H46N4O2/c1-8-20-21(9-2)29-18-30-24(12-5)25(13-6)33(39-30)26-15-16-36(42)34(26)40-32(35(36,41)14-7)19-31-23(11-4)22(10-3)28(38-31)17-27(20)37-29/h17-19,37,39,41-42H,8-16H2,1-7H3. The molecule has 2 unspecified atom stereocenters. The van der Waals surface area contributed by atoms with Gasteiger partial charge in [-0.25, -0.2) is 4.98 Å². The summed E-state index contributed by atoms with van der Waals surface area (Å²) in [5, 5.41) is 24.4. The maximum absolute atomic E-state index is 12.2. The Kier molecular flexibility index (Phi) is 7.22. The van der Waals surface area contributed by atoms with Crippen molar-refractivity contribution in [3.63, 3.8) is 0 Å². The molecule has 0 amide bonds. The second-order valence-corrected chi connectivity index (χ2v) is 12.1. The van der Waals surface area contributed by atoms with E-state index in [9.17, 15) is 10.2 Å². The van der Waals surface area contributed by atoms with Crippen molar-refractivity contribution in [1.82, 2.24) is 19.9 Å². The fraction of sp³-hybridized carbons (Fsp3) is 0.500. The molecule has 42 heavy (non-hydrogen) atoms. The van der Waals surface area contributed by atoms with E-state index >= 15 is 0 Å². The number of fused-ring (bicyclic) bond motifs is 8. The third-order valence-corrected chi connectivity index (χ3v) is 10.3.